The number of benzene rings is 3. The van der Waals surface area contributed by atoms with Crippen LogP contribution in [-0.4, -0.2) is 19.6 Å². The molecule has 0 radical (unpaired) electrons. The first kappa shape index (κ1) is 18.5. The molecule has 138 valence electrons. The maximum absolute atomic E-state index is 12.6. The number of carbonyl (C=O) groups is 1. The molecule has 2 N–H and O–H groups in total. The van der Waals surface area contributed by atoms with Gasteiger partial charge in [-0.2, -0.15) is 0 Å². The van der Waals surface area contributed by atoms with Crippen LogP contribution >= 0.6 is 0 Å². The number of aryl methyl sites for hydroxylation is 1. The van der Waals surface area contributed by atoms with Gasteiger partial charge in [-0.05, 0) is 54.8 Å². The third-order valence-corrected chi connectivity index (χ3v) is 4.31. The highest BCUT2D eigenvalue weighted by Gasteiger charge is 2.10. The lowest BCUT2D eigenvalue weighted by Gasteiger charge is -2.12. The number of rotatable bonds is 8. The normalized spacial score (nSPS) is 10.3. The molecule has 4 heteroatoms. The van der Waals surface area contributed by atoms with Gasteiger partial charge in [-0.3, -0.25) is 4.79 Å². The van der Waals surface area contributed by atoms with Gasteiger partial charge in [0.15, 0.2) is 0 Å². The Kier molecular flexibility index (Phi) is 6.47. The second kappa shape index (κ2) is 9.43. The largest absolute Gasteiger partial charge is 0.497 e. The van der Waals surface area contributed by atoms with Gasteiger partial charge in [0.1, 0.15) is 5.75 Å². The summed E-state index contributed by atoms with van der Waals surface area (Å²) in [6, 6.07) is 25.4. The number of hydrogen-bond donors (Lipinski definition) is 2. The monoisotopic (exact) mass is 360 g/mol. The Morgan fingerprint density at radius 1 is 0.889 bits per heavy atom. The Morgan fingerprint density at radius 3 is 2.33 bits per heavy atom. The molecule has 3 aromatic rings. The lowest BCUT2D eigenvalue weighted by molar-refractivity contribution is 0.0954. The van der Waals surface area contributed by atoms with Crippen molar-refractivity contribution in [2.24, 2.45) is 0 Å². The molecular formula is C23H24N2O2. The number of hydrogen-bond acceptors (Lipinski definition) is 3. The van der Waals surface area contributed by atoms with Gasteiger partial charge in [-0.25, -0.2) is 0 Å². The highest BCUT2D eigenvalue weighted by atomic mass is 16.5. The summed E-state index contributed by atoms with van der Waals surface area (Å²) < 4.78 is 5.17. The number of nitrogens with one attached hydrogen (secondary N) is 2. The van der Waals surface area contributed by atoms with Crippen LogP contribution < -0.4 is 15.4 Å². The van der Waals surface area contributed by atoms with Crippen LogP contribution in [-0.2, 0) is 6.42 Å². The van der Waals surface area contributed by atoms with Crippen molar-refractivity contribution < 1.29 is 9.53 Å². The van der Waals surface area contributed by atoms with Gasteiger partial charge in [0.25, 0.3) is 5.91 Å². The summed E-state index contributed by atoms with van der Waals surface area (Å²) in [7, 11) is 1.66. The zero-order valence-electron chi connectivity index (χ0n) is 15.4. The summed E-state index contributed by atoms with van der Waals surface area (Å²) in [4.78, 5) is 12.6. The molecule has 1 amide bonds. The van der Waals surface area contributed by atoms with Crippen LogP contribution in [0.1, 0.15) is 22.3 Å². The third kappa shape index (κ3) is 5.35. The van der Waals surface area contributed by atoms with Crippen molar-refractivity contribution in [2.45, 2.75) is 12.8 Å². The third-order valence-electron chi connectivity index (χ3n) is 4.31. The Hall–Kier alpha value is -3.27. The summed E-state index contributed by atoms with van der Waals surface area (Å²) in [5.41, 5.74) is 3.63. The van der Waals surface area contributed by atoms with E-state index in [2.05, 4.69) is 22.8 Å². The molecule has 0 atom stereocenters. The van der Waals surface area contributed by atoms with Crippen molar-refractivity contribution in [3.05, 3.63) is 90.0 Å². The van der Waals surface area contributed by atoms with Crippen molar-refractivity contribution in [3.8, 4) is 5.75 Å². The topological polar surface area (TPSA) is 50.4 Å². The van der Waals surface area contributed by atoms with Gasteiger partial charge in [-0.1, -0.05) is 42.5 Å². The molecular weight excluding hydrogens is 336 g/mol. The first-order valence-electron chi connectivity index (χ1n) is 9.08. The fourth-order valence-electron chi connectivity index (χ4n) is 2.85. The molecule has 3 rings (SSSR count). The van der Waals surface area contributed by atoms with Gasteiger partial charge in [0.05, 0.1) is 18.4 Å². The van der Waals surface area contributed by atoms with Gasteiger partial charge in [0, 0.05) is 12.2 Å². The highest BCUT2D eigenvalue weighted by molar-refractivity contribution is 6.00. The molecule has 27 heavy (non-hydrogen) atoms. The average Bonchev–Trinajstić information content (AvgIpc) is 2.72. The average molecular weight is 360 g/mol. The molecule has 0 aromatic heterocycles. The van der Waals surface area contributed by atoms with E-state index in [0.717, 1.165) is 30.0 Å². The standard InChI is InChI=1S/C23H24N2O2/c1-27-20-15-13-18(14-16-20)8-7-17-24-23(26)21-11-5-6-12-22(21)25-19-9-3-2-4-10-19/h2-6,9-16,25H,7-8,17H2,1H3,(H,24,26). The van der Waals surface area contributed by atoms with Crippen LogP contribution in [0.2, 0.25) is 0 Å². The van der Waals surface area contributed by atoms with E-state index in [1.54, 1.807) is 7.11 Å². The molecule has 0 bridgehead atoms. The van der Waals surface area contributed by atoms with Crippen LogP contribution in [0.5, 0.6) is 5.75 Å². The van der Waals surface area contributed by atoms with E-state index in [4.69, 9.17) is 4.74 Å². The first-order chi connectivity index (χ1) is 13.3. The molecule has 3 aromatic carbocycles. The van der Waals surface area contributed by atoms with Gasteiger partial charge in [0.2, 0.25) is 0 Å². The molecule has 0 aliphatic heterocycles. The summed E-state index contributed by atoms with van der Waals surface area (Å²) in [6.07, 6.45) is 1.79. The van der Waals surface area contributed by atoms with Crippen LogP contribution in [0.3, 0.4) is 0 Å². The highest BCUT2D eigenvalue weighted by Crippen LogP contribution is 2.20. The molecule has 0 saturated carbocycles. The minimum Gasteiger partial charge on any atom is -0.497 e. The van der Waals surface area contributed by atoms with E-state index in [1.165, 1.54) is 5.56 Å². The number of amides is 1. The Balaban J connectivity index is 1.53. The molecule has 0 aliphatic rings. The number of carbonyl (C=O) groups excluding carboxylic acids is 1. The van der Waals surface area contributed by atoms with Gasteiger partial charge in [-0.15, -0.1) is 0 Å². The SMILES string of the molecule is COc1ccc(CCCNC(=O)c2ccccc2Nc2ccccc2)cc1. The smallest absolute Gasteiger partial charge is 0.253 e. The van der Waals surface area contributed by atoms with E-state index in [-0.39, 0.29) is 5.91 Å². The molecule has 0 saturated heterocycles. The summed E-state index contributed by atoms with van der Waals surface area (Å²) in [6.45, 7) is 0.629. The van der Waals surface area contributed by atoms with Crippen molar-refractivity contribution in [1.29, 1.82) is 0 Å². The van der Waals surface area contributed by atoms with Crippen molar-refractivity contribution in [1.82, 2.24) is 5.32 Å². The van der Waals surface area contributed by atoms with Crippen LogP contribution in [0.15, 0.2) is 78.9 Å². The minimum absolute atomic E-state index is 0.0660. The Morgan fingerprint density at radius 2 is 1.59 bits per heavy atom. The Labute approximate surface area is 160 Å². The van der Waals surface area contributed by atoms with Crippen molar-refractivity contribution in [2.75, 3.05) is 19.0 Å². The maximum atomic E-state index is 12.6. The lowest BCUT2D eigenvalue weighted by atomic mass is 10.1. The van der Waals surface area contributed by atoms with Crippen LogP contribution in [0.25, 0.3) is 0 Å². The van der Waals surface area contributed by atoms with Crippen molar-refractivity contribution in [3.63, 3.8) is 0 Å². The number of methoxy groups -OCH3 is 1. The molecule has 0 aliphatic carbocycles. The second-order valence-electron chi connectivity index (χ2n) is 6.24. The zero-order chi connectivity index (χ0) is 18.9. The van der Waals surface area contributed by atoms with Crippen LogP contribution in [0.4, 0.5) is 11.4 Å². The summed E-state index contributed by atoms with van der Waals surface area (Å²) >= 11 is 0. The minimum atomic E-state index is -0.0660. The fourth-order valence-corrected chi connectivity index (χ4v) is 2.85. The van der Waals surface area contributed by atoms with E-state index >= 15 is 0 Å². The van der Waals surface area contributed by atoms with Crippen molar-refractivity contribution >= 4 is 17.3 Å². The molecule has 0 fully saturated rings. The number of ether oxygens (including phenoxy) is 1. The van der Waals surface area contributed by atoms with Crippen LogP contribution in [0, 0.1) is 0 Å². The lowest BCUT2D eigenvalue weighted by Crippen LogP contribution is -2.25. The van der Waals surface area contributed by atoms with Gasteiger partial charge < -0.3 is 15.4 Å². The zero-order valence-corrected chi connectivity index (χ0v) is 15.4. The second-order valence-corrected chi connectivity index (χ2v) is 6.24. The van der Waals surface area contributed by atoms with E-state index in [9.17, 15) is 4.79 Å². The molecule has 0 spiro atoms. The predicted octanol–water partition coefficient (Wildman–Crippen LogP) is 4.80. The quantitative estimate of drug-likeness (QED) is 0.567. The Bertz CT molecular complexity index is 861. The van der Waals surface area contributed by atoms with E-state index < -0.39 is 0 Å². The van der Waals surface area contributed by atoms with E-state index in [1.807, 2.05) is 66.7 Å². The maximum Gasteiger partial charge on any atom is 0.253 e. The molecule has 0 unspecified atom stereocenters. The molecule has 4 nitrogen and oxygen atoms in total. The summed E-state index contributed by atoms with van der Waals surface area (Å²) in [5, 5.41) is 6.32. The first-order valence-corrected chi connectivity index (χ1v) is 9.08. The molecule has 0 heterocycles. The fraction of sp³-hybridized carbons (Fsp3) is 0.174. The summed E-state index contributed by atoms with van der Waals surface area (Å²) in [5.74, 6) is 0.790. The number of anilines is 2. The number of para-hydroxylation sites is 2. The van der Waals surface area contributed by atoms with E-state index in [0.29, 0.717) is 12.1 Å². The predicted molar refractivity (Wildman–Crippen MR) is 110 cm³/mol. The van der Waals surface area contributed by atoms with Gasteiger partial charge >= 0.3 is 0 Å².